The number of nitrogens with zero attached hydrogens (tertiary/aromatic N) is 6. The lowest BCUT2D eigenvalue weighted by atomic mass is 10.0. The number of rotatable bonds is 6. The number of benzene rings is 3. The fraction of sp³-hybridized carbons (Fsp3) is 0.375. The van der Waals surface area contributed by atoms with Crippen molar-refractivity contribution in [1.29, 1.82) is 0 Å². The monoisotopic (exact) mass is 738 g/mol. The molecule has 5 aromatic rings. The normalized spacial score (nSPS) is 19.5. The molecule has 0 N–H and O–H groups in total. The second kappa shape index (κ2) is 14.1. The van der Waals surface area contributed by atoms with Crippen LogP contribution in [0.2, 0.25) is 5.02 Å². The fourth-order valence-corrected chi connectivity index (χ4v) is 7.90. The van der Waals surface area contributed by atoms with Gasteiger partial charge < -0.3 is 19.2 Å². The Kier molecular flexibility index (Phi) is 9.28. The topological polar surface area (TPSA) is 110 Å². The molecule has 0 spiro atoms. The highest BCUT2D eigenvalue weighted by molar-refractivity contribution is 6.36. The van der Waals surface area contributed by atoms with E-state index in [0.717, 1.165) is 18.2 Å². The molecule has 53 heavy (non-hydrogen) atoms. The van der Waals surface area contributed by atoms with Crippen LogP contribution in [0.3, 0.4) is 0 Å². The average molecular weight is 739 g/mol. The molecule has 2 atom stereocenters. The lowest BCUT2D eigenvalue weighted by Crippen LogP contribution is -2.57. The summed E-state index contributed by atoms with van der Waals surface area (Å²) in [6.45, 7) is 7.44. The first-order valence-corrected chi connectivity index (χ1v) is 18.4. The van der Waals surface area contributed by atoms with E-state index in [9.17, 15) is 9.59 Å². The highest BCUT2D eigenvalue weighted by atomic mass is 35.5. The molecular formula is C40H40ClFN6O5. The van der Waals surface area contributed by atoms with Crippen molar-refractivity contribution in [2.45, 2.75) is 70.2 Å². The van der Waals surface area contributed by atoms with E-state index in [2.05, 4.69) is 14.9 Å². The third-order valence-electron chi connectivity index (χ3n) is 10.0. The van der Waals surface area contributed by atoms with Crippen LogP contribution >= 0.6 is 11.6 Å². The lowest BCUT2D eigenvalue weighted by Gasteiger charge is -2.42. The van der Waals surface area contributed by atoms with Crippen molar-refractivity contribution < 1.29 is 28.3 Å². The number of fused-ring (bicyclic) bond motifs is 4. The maximum absolute atomic E-state index is 16.9. The van der Waals surface area contributed by atoms with Crippen LogP contribution in [0.4, 0.5) is 15.0 Å². The number of ether oxygens (including phenoxy) is 2. The minimum absolute atomic E-state index is 0.0427. The molecule has 3 saturated heterocycles. The van der Waals surface area contributed by atoms with Gasteiger partial charge in [-0.1, -0.05) is 60.1 Å². The van der Waals surface area contributed by atoms with Crippen LogP contribution in [0.15, 0.2) is 72.9 Å². The minimum Gasteiger partial charge on any atom is -0.460 e. The van der Waals surface area contributed by atoms with E-state index >= 15 is 4.39 Å². The van der Waals surface area contributed by atoms with Gasteiger partial charge in [0.05, 0.1) is 23.0 Å². The predicted molar refractivity (Wildman–Crippen MR) is 199 cm³/mol. The van der Waals surface area contributed by atoms with Crippen molar-refractivity contribution >= 4 is 51.2 Å². The standard InChI is InChI=1S/C40H40ClFN6O5/c1-40(2,3)52-39(50)48-26-15-16-27(48)23-46(22-26)36-30-21-43-34(29-13-7-11-24-12-8-14-31(41)32(24)29)33(42)35(30)44-38(45-36)51-28-17-19-47(20-18-28)53-37(49)25-9-5-4-6-10-25/h4-14,21,26-28H,15-20,22-23H2,1-3H3. The zero-order chi connectivity index (χ0) is 36.9. The molecule has 11 nitrogen and oxygen atoms in total. The highest BCUT2D eigenvalue weighted by Crippen LogP contribution is 2.40. The van der Waals surface area contributed by atoms with Gasteiger partial charge in [0.25, 0.3) is 0 Å². The number of amides is 1. The van der Waals surface area contributed by atoms with E-state index in [0.29, 0.717) is 71.8 Å². The Balaban J connectivity index is 1.11. The zero-order valence-corrected chi connectivity index (χ0v) is 30.6. The number of carbonyl (C=O) groups is 2. The fourth-order valence-electron chi connectivity index (χ4n) is 7.62. The summed E-state index contributed by atoms with van der Waals surface area (Å²) >= 11 is 6.64. The Morgan fingerprint density at radius 1 is 0.887 bits per heavy atom. The summed E-state index contributed by atoms with van der Waals surface area (Å²) in [4.78, 5) is 49.6. The van der Waals surface area contributed by atoms with E-state index in [1.165, 1.54) is 0 Å². The Hall–Kier alpha value is -5.07. The number of pyridine rings is 1. The van der Waals surface area contributed by atoms with Gasteiger partial charge in [0, 0.05) is 61.2 Å². The van der Waals surface area contributed by atoms with E-state index < -0.39 is 17.4 Å². The summed E-state index contributed by atoms with van der Waals surface area (Å²) in [7, 11) is 0. The van der Waals surface area contributed by atoms with Crippen molar-refractivity contribution in [2.24, 2.45) is 0 Å². The number of hydrogen-bond acceptors (Lipinski definition) is 10. The van der Waals surface area contributed by atoms with Gasteiger partial charge in [0.1, 0.15) is 28.7 Å². The molecule has 5 heterocycles. The van der Waals surface area contributed by atoms with Crippen molar-refractivity contribution in [3.63, 3.8) is 0 Å². The number of piperazine rings is 1. The molecule has 3 aromatic carbocycles. The number of halogens is 2. The summed E-state index contributed by atoms with van der Waals surface area (Å²) in [5, 5.41) is 4.13. The Bertz CT molecular complexity index is 2170. The molecule has 0 aliphatic carbocycles. The molecule has 8 rings (SSSR count). The molecular weight excluding hydrogens is 699 g/mol. The molecule has 3 aliphatic heterocycles. The van der Waals surface area contributed by atoms with Gasteiger partial charge in [-0.3, -0.25) is 9.88 Å². The highest BCUT2D eigenvalue weighted by Gasteiger charge is 2.45. The zero-order valence-electron chi connectivity index (χ0n) is 29.8. The van der Waals surface area contributed by atoms with Crippen molar-refractivity contribution in [3.8, 4) is 17.3 Å². The number of hydroxylamine groups is 2. The second-order valence-corrected chi connectivity index (χ2v) is 15.2. The Morgan fingerprint density at radius 3 is 2.28 bits per heavy atom. The molecule has 2 unspecified atom stereocenters. The molecule has 274 valence electrons. The van der Waals surface area contributed by atoms with Gasteiger partial charge in [0.15, 0.2) is 5.82 Å². The van der Waals surface area contributed by atoms with E-state index in [4.69, 9.17) is 30.9 Å². The van der Waals surface area contributed by atoms with Crippen LogP contribution < -0.4 is 9.64 Å². The van der Waals surface area contributed by atoms with Gasteiger partial charge in [-0.25, -0.2) is 14.0 Å². The number of piperidine rings is 1. The van der Waals surface area contributed by atoms with Gasteiger partial charge in [-0.2, -0.15) is 9.97 Å². The van der Waals surface area contributed by atoms with Gasteiger partial charge in [-0.15, -0.1) is 5.06 Å². The van der Waals surface area contributed by atoms with Crippen LogP contribution in [-0.2, 0) is 9.57 Å². The van der Waals surface area contributed by atoms with Crippen LogP contribution in [-0.4, -0.2) is 86.9 Å². The van der Waals surface area contributed by atoms with Crippen molar-refractivity contribution in [1.82, 2.24) is 24.9 Å². The lowest BCUT2D eigenvalue weighted by molar-refractivity contribution is -0.131. The summed E-state index contributed by atoms with van der Waals surface area (Å²) in [6, 6.07) is 19.8. The first-order chi connectivity index (χ1) is 25.5. The summed E-state index contributed by atoms with van der Waals surface area (Å²) in [5.41, 5.74) is 0.615. The molecule has 2 bridgehead atoms. The quantitative estimate of drug-likeness (QED) is 0.171. The van der Waals surface area contributed by atoms with E-state index in [-0.39, 0.29) is 41.5 Å². The van der Waals surface area contributed by atoms with E-state index in [1.807, 2.05) is 56.0 Å². The van der Waals surface area contributed by atoms with Gasteiger partial charge in [-0.05, 0) is 57.2 Å². The maximum Gasteiger partial charge on any atom is 0.410 e. The largest absolute Gasteiger partial charge is 0.460 e. The predicted octanol–water partition coefficient (Wildman–Crippen LogP) is 7.84. The summed E-state index contributed by atoms with van der Waals surface area (Å²) < 4.78 is 29.1. The van der Waals surface area contributed by atoms with Crippen LogP contribution in [0.1, 0.15) is 56.8 Å². The SMILES string of the molecule is CC(C)(C)OC(=O)N1C2CCC1CN(c1nc(OC3CCN(OC(=O)c4ccccc4)CC3)nc3c(F)c(-c4cccc5cccc(Cl)c45)ncc13)C2. The summed E-state index contributed by atoms with van der Waals surface area (Å²) in [6.07, 6.45) is 3.70. The van der Waals surface area contributed by atoms with Crippen molar-refractivity contribution in [2.75, 3.05) is 31.1 Å². The molecule has 1 amide bonds. The van der Waals surface area contributed by atoms with Gasteiger partial charge >= 0.3 is 18.1 Å². The first kappa shape index (κ1) is 35.0. The van der Waals surface area contributed by atoms with Crippen LogP contribution in [0.5, 0.6) is 6.01 Å². The van der Waals surface area contributed by atoms with Gasteiger partial charge in [0.2, 0.25) is 0 Å². The molecule has 3 fully saturated rings. The third-order valence-corrected chi connectivity index (χ3v) is 10.3. The molecule has 2 aromatic heterocycles. The molecule has 0 radical (unpaired) electrons. The molecule has 13 heteroatoms. The summed E-state index contributed by atoms with van der Waals surface area (Å²) in [5.74, 6) is -0.532. The molecule has 0 saturated carbocycles. The average Bonchev–Trinajstić information content (AvgIpc) is 3.41. The Labute approximate surface area is 311 Å². The minimum atomic E-state index is -0.613. The number of aromatic nitrogens is 3. The first-order valence-electron chi connectivity index (χ1n) is 18.0. The Morgan fingerprint density at radius 2 is 1.58 bits per heavy atom. The van der Waals surface area contributed by atoms with Crippen LogP contribution in [0, 0.1) is 5.82 Å². The van der Waals surface area contributed by atoms with Crippen molar-refractivity contribution in [3.05, 3.63) is 89.3 Å². The smallest absolute Gasteiger partial charge is 0.410 e. The third kappa shape index (κ3) is 7.05. The number of hydrogen-bond donors (Lipinski definition) is 0. The maximum atomic E-state index is 16.9. The van der Waals surface area contributed by atoms with E-state index in [1.54, 1.807) is 47.7 Å². The number of carbonyl (C=O) groups excluding carboxylic acids is 2. The molecule has 3 aliphatic rings. The van der Waals surface area contributed by atoms with Crippen LogP contribution in [0.25, 0.3) is 32.9 Å². The number of anilines is 1. The second-order valence-electron chi connectivity index (χ2n) is 14.8.